The molecule has 2 rings (SSSR count). The molecule has 1 aromatic heterocycles. The minimum atomic E-state index is -4.26. The predicted octanol–water partition coefficient (Wildman–Crippen LogP) is 3.81. The van der Waals surface area contributed by atoms with Gasteiger partial charge in [-0.25, -0.2) is 0 Å². The molecule has 0 saturated heterocycles. The maximum Gasteiger partial charge on any atom is 0.425 e. The number of alkyl halides is 3. The number of rotatable bonds is 2. The van der Waals surface area contributed by atoms with Gasteiger partial charge in [0.15, 0.2) is 0 Å². The highest BCUT2D eigenvalue weighted by Crippen LogP contribution is 2.38. The fourth-order valence-electron chi connectivity index (χ4n) is 1.73. The van der Waals surface area contributed by atoms with Gasteiger partial charge >= 0.3 is 6.18 Å². The van der Waals surface area contributed by atoms with Gasteiger partial charge in [-0.05, 0) is 36.4 Å². The van der Waals surface area contributed by atoms with Crippen LogP contribution in [0.3, 0.4) is 0 Å². The zero-order valence-electron chi connectivity index (χ0n) is 9.21. The van der Waals surface area contributed by atoms with Crippen molar-refractivity contribution in [3.05, 3.63) is 34.7 Å². The molecule has 0 fully saturated rings. The number of thiophene rings is 1. The maximum absolute atomic E-state index is 12.5. The summed E-state index contributed by atoms with van der Waals surface area (Å²) in [5.74, 6) is 0. The van der Waals surface area contributed by atoms with Gasteiger partial charge in [0.05, 0.1) is 0 Å². The smallest absolute Gasteiger partial charge is 0.328 e. The first-order chi connectivity index (χ1) is 7.86. The first-order valence-corrected chi connectivity index (χ1v) is 6.03. The molecule has 2 aromatic rings. The molecule has 0 saturated carbocycles. The predicted molar refractivity (Wildman–Crippen MR) is 64.2 cm³/mol. The third-order valence-electron chi connectivity index (χ3n) is 2.42. The van der Waals surface area contributed by atoms with Crippen LogP contribution < -0.4 is 5.73 Å². The molecule has 5 heteroatoms. The Balaban J connectivity index is 2.41. The molecule has 2 N–H and O–H groups in total. The summed E-state index contributed by atoms with van der Waals surface area (Å²) in [6.07, 6.45) is -3.59. The number of halogens is 3. The number of benzene rings is 1. The van der Waals surface area contributed by atoms with Crippen molar-refractivity contribution >= 4 is 21.4 Å². The highest BCUT2D eigenvalue weighted by atomic mass is 32.1. The van der Waals surface area contributed by atoms with Crippen LogP contribution in [0.4, 0.5) is 13.2 Å². The molecule has 1 aromatic carbocycles. The summed E-state index contributed by atoms with van der Waals surface area (Å²) in [7, 11) is 0. The van der Waals surface area contributed by atoms with E-state index in [-0.39, 0.29) is 6.04 Å². The van der Waals surface area contributed by atoms with Crippen molar-refractivity contribution in [2.75, 3.05) is 0 Å². The highest BCUT2D eigenvalue weighted by molar-refractivity contribution is 7.19. The average Bonchev–Trinajstić information content (AvgIpc) is 2.58. The lowest BCUT2D eigenvalue weighted by molar-refractivity contribution is -0.134. The van der Waals surface area contributed by atoms with Gasteiger partial charge in [0.1, 0.15) is 4.88 Å². The van der Waals surface area contributed by atoms with Crippen LogP contribution in [-0.4, -0.2) is 6.04 Å². The van der Waals surface area contributed by atoms with Crippen LogP contribution in [0.1, 0.15) is 17.4 Å². The molecule has 92 valence electrons. The quantitative estimate of drug-likeness (QED) is 0.872. The number of nitrogens with two attached hydrogens (primary N) is 1. The minimum absolute atomic E-state index is 0.00757. The molecule has 0 spiro atoms. The van der Waals surface area contributed by atoms with E-state index in [1.807, 2.05) is 13.0 Å². The Labute approximate surface area is 101 Å². The summed E-state index contributed by atoms with van der Waals surface area (Å²) < 4.78 is 38.2. The van der Waals surface area contributed by atoms with Crippen LogP contribution in [0, 0.1) is 0 Å². The topological polar surface area (TPSA) is 26.0 Å². The van der Waals surface area contributed by atoms with Crippen LogP contribution in [0.5, 0.6) is 0 Å². The lowest BCUT2D eigenvalue weighted by Gasteiger charge is -2.04. The fraction of sp³-hybridized carbons (Fsp3) is 0.333. The Morgan fingerprint density at radius 3 is 2.59 bits per heavy atom. The Hall–Kier alpha value is -1.07. The summed E-state index contributed by atoms with van der Waals surface area (Å²) in [6, 6.07) is 6.55. The molecule has 0 aliphatic rings. The standard InChI is InChI=1S/C12H12F3NS/c1-7(16)4-8-2-3-10-9(5-8)6-11(17-10)12(13,14)15/h2-3,5-7H,4,16H2,1H3. The zero-order valence-corrected chi connectivity index (χ0v) is 10.0. The van der Waals surface area contributed by atoms with E-state index in [9.17, 15) is 13.2 Å². The summed E-state index contributed by atoms with van der Waals surface area (Å²) in [5.41, 5.74) is 6.64. The van der Waals surface area contributed by atoms with Crippen molar-refractivity contribution in [3.63, 3.8) is 0 Å². The van der Waals surface area contributed by atoms with Crippen molar-refractivity contribution < 1.29 is 13.2 Å². The average molecular weight is 259 g/mol. The van der Waals surface area contributed by atoms with Gasteiger partial charge in [-0.15, -0.1) is 11.3 Å². The van der Waals surface area contributed by atoms with E-state index < -0.39 is 11.1 Å². The van der Waals surface area contributed by atoms with Gasteiger partial charge < -0.3 is 5.73 Å². The van der Waals surface area contributed by atoms with Crippen molar-refractivity contribution in [3.8, 4) is 0 Å². The first kappa shape index (κ1) is 12.4. The van der Waals surface area contributed by atoms with E-state index in [4.69, 9.17) is 5.73 Å². The molecular formula is C12H12F3NS. The maximum atomic E-state index is 12.5. The lowest BCUT2D eigenvalue weighted by atomic mass is 10.1. The van der Waals surface area contributed by atoms with Crippen molar-refractivity contribution in [1.82, 2.24) is 0 Å². The molecule has 0 aliphatic heterocycles. The molecule has 0 aliphatic carbocycles. The fourth-order valence-corrected chi connectivity index (χ4v) is 2.64. The minimum Gasteiger partial charge on any atom is -0.328 e. The van der Waals surface area contributed by atoms with Gasteiger partial charge in [-0.3, -0.25) is 0 Å². The van der Waals surface area contributed by atoms with Crippen molar-refractivity contribution in [2.45, 2.75) is 25.6 Å². The molecule has 1 heterocycles. The number of hydrogen-bond donors (Lipinski definition) is 1. The summed E-state index contributed by atoms with van der Waals surface area (Å²) >= 11 is 0.776. The van der Waals surface area contributed by atoms with E-state index in [0.717, 1.165) is 16.9 Å². The molecule has 0 amide bonds. The second kappa shape index (κ2) is 4.31. The molecule has 0 radical (unpaired) electrons. The van der Waals surface area contributed by atoms with E-state index in [1.54, 1.807) is 12.1 Å². The van der Waals surface area contributed by atoms with Crippen LogP contribution in [0.2, 0.25) is 0 Å². The molecule has 1 nitrogen and oxygen atoms in total. The normalized spacial score (nSPS) is 14.2. The van der Waals surface area contributed by atoms with Gasteiger partial charge in [0, 0.05) is 10.7 Å². The number of hydrogen-bond acceptors (Lipinski definition) is 2. The Kier molecular flexibility index (Phi) is 3.14. The third kappa shape index (κ3) is 2.79. The third-order valence-corrected chi connectivity index (χ3v) is 3.58. The van der Waals surface area contributed by atoms with Crippen molar-refractivity contribution in [2.24, 2.45) is 5.73 Å². The van der Waals surface area contributed by atoms with E-state index in [0.29, 0.717) is 16.5 Å². The molecule has 0 bridgehead atoms. The SMILES string of the molecule is CC(N)Cc1ccc2sc(C(F)(F)F)cc2c1. The van der Waals surface area contributed by atoms with Crippen LogP contribution in [-0.2, 0) is 12.6 Å². The molecular weight excluding hydrogens is 247 g/mol. The largest absolute Gasteiger partial charge is 0.425 e. The molecule has 17 heavy (non-hydrogen) atoms. The van der Waals surface area contributed by atoms with Crippen LogP contribution in [0.15, 0.2) is 24.3 Å². The van der Waals surface area contributed by atoms with Gasteiger partial charge in [-0.1, -0.05) is 12.1 Å². The van der Waals surface area contributed by atoms with Crippen LogP contribution in [0.25, 0.3) is 10.1 Å². The lowest BCUT2D eigenvalue weighted by Crippen LogP contribution is -2.17. The second-order valence-electron chi connectivity index (χ2n) is 4.16. The number of fused-ring (bicyclic) bond motifs is 1. The van der Waals surface area contributed by atoms with Gasteiger partial charge in [0.2, 0.25) is 0 Å². The second-order valence-corrected chi connectivity index (χ2v) is 5.25. The van der Waals surface area contributed by atoms with Gasteiger partial charge in [0.25, 0.3) is 0 Å². The van der Waals surface area contributed by atoms with Crippen molar-refractivity contribution in [1.29, 1.82) is 0 Å². The van der Waals surface area contributed by atoms with Gasteiger partial charge in [-0.2, -0.15) is 13.2 Å². The van der Waals surface area contributed by atoms with Crippen LogP contribution >= 0.6 is 11.3 Å². The Morgan fingerprint density at radius 1 is 1.29 bits per heavy atom. The van der Waals surface area contributed by atoms with E-state index in [2.05, 4.69) is 0 Å². The molecule has 1 atom stereocenters. The summed E-state index contributed by atoms with van der Waals surface area (Å²) in [4.78, 5) is -0.551. The Bertz CT molecular complexity index is 528. The summed E-state index contributed by atoms with van der Waals surface area (Å²) in [6.45, 7) is 1.87. The highest BCUT2D eigenvalue weighted by Gasteiger charge is 2.32. The Morgan fingerprint density at radius 2 is 2.00 bits per heavy atom. The summed E-state index contributed by atoms with van der Waals surface area (Å²) in [5, 5.41) is 0.639. The molecule has 1 unspecified atom stereocenters. The van der Waals surface area contributed by atoms with E-state index >= 15 is 0 Å². The monoisotopic (exact) mass is 259 g/mol. The first-order valence-electron chi connectivity index (χ1n) is 5.21. The van der Waals surface area contributed by atoms with E-state index in [1.165, 1.54) is 6.07 Å². The zero-order chi connectivity index (χ0) is 12.6.